The van der Waals surface area contributed by atoms with E-state index < -0.39 is 64.2 Å². The number of nitrogens with zero attached hydrogens (tertiary/aromatic N) is 2. The summed E-state index contributed by atoms with van der Waals surface area (Å²) in [5, 5.41) is 27.2. The number of alkyl halides is 2. The predicted octanol–water partition coefficient (Wildman–Crippen LogP) is 0.748. The van der Waals surface area contributed by atoms with Crippen LogP contribution in [0.4, 0.5) is 8.78 Å². The van der Waals surface area contributed by atoms with Crippen LogP contribution >= 0.6 is 23.5 Å². The van der Waals surface area contributed by atoms with Crippen LogP contribution in [0.15, 0.2) is 5.16 Å². The van der Waals surface area contributed by atoms with Crippen molar-refractivity contribution in [2.75, 3.05) is 12.0 Å². The molecule has 10 nitrogen and oxygen atoms in total. The largest absolute Gasteiger partial charge is 0.481 e. The zero-order valence-electron chi connectivity index (χ0n) is 16.7. The quantitative estimate of drug-likeness (QED) is 0.322. The van der Waals surface area contributed by atoms with E-state index in [1.54, 1.807) is 0 Å². The first-order valence-corrected chi connectivity index (χ1v) is 11.7. The molecule has 2 fully saturated rings. The second-order valence-corrected chi connectivity index (χ2v) is 10.0. The average Bonchev–Trinajstić information content (AvgIpc) is 3.11. The van der Waals surface area contributed by atoms with Gasteiger partial charge >= 0.3 is 17.9 Å². The molecule has 0 radical (unpaired) electrons. The molecule has 1 aromatic heterocycles. The monoisotopic (exact) mass is 479 g/mol. The Labute approximate surface area is 184 Å². The Morgan fingerprint density at radius 1 is 1.42 bits per heavy atom. The van der Waals surface area contributed by atoms with E-state index in [-0.39, 0.29) is 11.6 Å². The van der Waals surface area contributed by atoms with E-state index >= 15 is 0 Å². The Hall–Kier alpha value is -1.93. The highest BCUT2D eigenvalue weighted by Gasteiger charge is 2.75. The van der Waals surface area contributed by atoms with E-state index in [1.165, 1.54) is 11.8 Å². The van der Waals surface area contributed by atoms with Gasteiger partial charge in [-0.1, -0.05) is 11.8 Å². The summed E-state index contributed by atoms with van der Waals surface area (Å²) >= 11 is 2.42. The topological polar surface area (TPSA) is 171 Å². The number of thioether (sulfide) groups is 2. The first-order chi connectivity index (χ1) is 14.4. The molecule has 172 valence electrons. The van der Waals surface area contributed by atoms with E-state index in [4.69, 9.17) is 5.73 Å². The fourth-order valence-corrected chi connectivity index (χ4v) is 6.04. The van der Waals surface area contributed by atoms with E-state index in [0.29, 0.717) is 19.1 Å². The molecule has 2 aliphatic carbocycles. The fraction of sp³-hybridized carbons (Fsp3) is 0.706. The van der Waals surface area contributed by atoms with Gasteiger partial charge in [-0.15, -0.1) is 5.10 Å². The molecule has 0 bridgehead atoms. The summed E-state index contributed by atoms with van der Waals surface area (Å²) < 4.78 is 26.8. The second-order valence-electron chi connectivity index (χ2n) is 7.84. The van der Waals surface area contributed by atoms with Gasteiger partial charge in [0.1, 0.15) is 5.54 Å². The molecule has 0 spiro atoms. The summed E-state index contributed by atoms with van der Waals surface area (Å²) in [5.41, 5.74) is 4.05. The summed E-state index contributed by atoms with van der Waals surface area (Å²) in [6.07, 6.45) is 2.08. The molecule has 6 atom stereocenters. The Balaban J connectivity index is 1.83. The van der Waals surface area contributed by atoms with Gasteiger partial charge in [0.15, 0.2) is 5.82 Å². The van der Waals surface area contributed by atoms with Crippen molar-refractivity contribution in [2.24, 2.45) is 23.5 Å². The molecular weight excluding hydrogens is 456 g/mol. The van der Waals surface area contributed by atoms with Gasteiger partial charge in [0.25, 0.3) is 0 Å². The Bertz CT molecular complexity index is 881. The number of carboxylic acid groups (broad SMARTS) is 2. The van der Waals surface area contributed by atoms with Gasteiger partial charge in [-0.05, 0) is 30.8 Å². The third-order valence-corrected chi connectivity index (χ3v) is 7.54. The normalized spacial score (nSPS) is 30.5. The standard InChI is InChI=1S/C17H23F2N5O5S2/c1-16(18,19)13-21-15(24-23-13)31-7-5-17(14(28)29,10-8(7)9(10)12(26)27)22-11(25)6(20)3-4-30-2/h6-10H,3-5,20H2,1-2H3,(H,22,25)(H,26,27)(H,28,29)(H,21,23,24)/t6-,7+,8-,9-,10-,17-/m0/s1. The molecule has 0 saturated heterocycles. The average molecular weight is 480 g/mol. The lowest BCUT2D eigenvalue weighted by Crippen LogP contribution is -2.59. The van der Waals surface area contributed by atoms with Crippen molar-refractivity contribution in [3.8, 4) is 0 Å². The molecule has 2 saturated carbocycles. The second kappa shape index (κ2) is 8.54. The van der Waals surface area contributed by atoms with Gasteiger partial charge in [0.05, 0.1) is 12.0 Å². The van der Waals surface area contributed by atoms with Crippen LogP contribution < -0.4 is 11.1 Å². The zero-order valence-corrected chi connectivity index (χ0v) is 18.3. The number of carbonyl (C=O) groups excluding carboxylic acids is 1. The van der Waals surface area contributed by atoms with Crippen LogP contribution in [0.1, 0.15) is 25.6 Å². The molecule has 31 heavy (non-hydrogen) atoms. The molecule has 0 aliphatic heterocycles. The van der Waals surface area contributed by atoms with Gasteiger partial charge in [-0.3, -0.25) is 14.7 Å². The van der Waals surface area contributed by atoms with Gasteiger partial charge in [-0.25, -0.2) is 9.78 Å². The highest BCUT2D eigenvalue weighted by Crippen LogP contribution is 2.65. The summed E-state index contributed by atoms with van der Waals surface area (Å²) in [7, 11) is 0. The van der Waals surface area contributed by atoms with Crippen LogP contribution in [0, 0.1) is 17.8 Å². The van der Waals surface area contributed by atoms with Crippen molar-refractivity contribution in [2.45, 2.75) is 47.7 Å². The fourth-order valence-electron chi connectivity index (χ4n) is 4.20. The molecule has 6 N–H and O–H groups in total. The summed E-state index contributed by atoms with van der Waals surface area (Å²) in [6.45, 7) is 0.653. The number of aromatic nitrogens is 3. The van der Waals surface area contributed by atoms with Crippen LogP contribution in [-0.4, -0.2) is 72.1 Å². The highest BCUT2D eigenvalue weighted by molar-refractivity contribution is 7.99. The molecule has 0 unspecified atom stereocenters. The number of H-pyrrole nitrogens is 1. The number of hydrogen-bond acceptors (Lipinski definition) is 8. The third kappa shape index (κ3) is 4.51. The number of nitrogens with one attached hydrogen (secondary N) is 2. The predicted molar refractivity (Wildman–Crippen MR) is 108 cm³/mol. The SMILES string of the molecule is CSCC[C@H](N)C(=O)N[C@@]1(C(=O)O)C[C@@H](Sc2n[nH]c(C(C)(F)F)n2)[C@H]2[C@H](C(=O)O)[C@H]21. The maximum Gasteiger partial charge on any atom is 0.329 e. The maximum absolute atomic E-state index is 13.4. The third-order valence-electron chi connectivity index (χ3n) is 5.72. The van der Waals surface area contributed by atoms with Crippen molar-refractivity contribution in [1.82, 2.24) is 20.5 Å². The number of hydrogen-bond donors (Lipinski definition) is 5. The molecule has 3 rings (SSSR count). The van der Waals surface area contributed by atoms with E-state index in [2.05, 4.69) is 20.5 Å². The molecule has 1 amide bonds. The van der Waals surface area contributed by atoms with Gasteiger partial charge in [0.2, 0.25) is 11.1 Å². The van der Waals surface area contributed by atoms with E-state index in [0.717, 1.165) is 11.8 Å². The molecular formula is C17H23F2N5O5S2. The Morgan fingerprint density at radius 2 is 2.10 bits per heavy atom. The molecule has 1 aromatic rings. The van der Waals surface area contributed by atoms with Crippen LogP contribution in [0.2, 0.25) is 0 Å². The smallest absolute Gasteiger partial charge is 0.329 e. The minimum absolute atomic E-state index is 0.0412. The van der Waals surface area contributed by atoms with Gasteiger partial charge in [0, 0.05) is 18.1 Å². The Kier molecular flexibility index (Phi) is 6.54. The lowest BCUT2D eigenvalue weighted by molar-refractivity contribution is -0.150. The zero-order chi connectivity index (χ0) is 23.1. The molecule has 14 heteroatoms. The highest BCUT2D eigenvalue weighted by atomic mass is 32.2. The van der Waals surface area contributed by atoms with Crippen LogP contribution in [0.3, 0.4) is 0 Å². The van der Waals surface area contributed by atoms with Crippen molar-refractivity contribution in [3.05, 3.63) is 5.82 Å². The number of aromatic amines is 1. The summed E-state index contributed by atoms with van der Waals surface area (Å²) in [6, 6.07) is -0.932. The van der Waals surface area contributed by atoms with Crippen LogP contribution in [-0.2, 0) is 20.3 Å². The number of nitrogens with two attached hydrogens (primary N) is 1. The first-order valence-electron chi connectivity index (χ1n) is 9.42. The van der Waals surface area contributed by atoms with Crippen LogP contribution in [0.25, 0.3) is 0 Å². The van der Waals surface area contributed by atoms with E-state index in [1.807, 2.05) is 6.26 Å². The van der Waals surface area contributed by atoms with Crippen molar-refractivity contribution < 1.29 is 33.4 Å². The maximum atomic E-state index is 13.4. The summed E-state index contributed by atoms with van der Waals surface area (Å²) in [4.78, 5) is 40.2. The number of rotatable bonds is 10. The molecule has 1 heterocycles. The summed E-state index contributed by atoms with van der Waals surface area (Å²) in [5.74, 6) is -8.89. The minimum Gasteiger partial charge on any atom is -0.481 e. The van der Waals surface area contributed by atoms with Crippen molar-refractivity contribution in [3.63, 3.8) is 0 Å². The number of aliphatic carboxylic acids is 2. The van der Waals surface area contributed by atoms with E-state index in [9.17, 15) is 33.4 Å². The van der Waals surface area contributed by atoms with Gasteiger partial charge < -0.3 is 21.3 Å². The van der Waals surface area contributed by atoms with Crippen molar-refractivity contribution in [1.29, 1.82) is 0 Å². The number of carbonyl (C=O) groups is 3. The number of fused-ring (bicyclic) bond motifs is 1. The number of amides is 1. The number of carboxylic acids is 2. The molecule has 2 aliphatic rings. The first kappa shape index (κ1) is 23.7. The van der Waals surface area contributed by atoms with Gasteiger partial charge in [-0.2, -0.15) is 20.5 Å². The lowest BCUT2D eigenvalue weighted by atomic mass is 9.89. The number of halogens is 2. The lowest BCUT2D eigenvalue weighted by Gasteiger charge is -2.31. The van der Waals surface area contributed by atoms with Crippen LogP contribution in [0.5, 0.6) is 0 Å². The minimum atomic E-state index is -3.24. The Morgan fingerprint density at radius 3 is 2.61 bits per heavy atom. The molecule has 0 aromatic carbocycles. The van der Waals surface area contributed by atoms with Crippen molar-refractivity contribution >= 4 is 41.4 Å².